The lowest BCUT2D eigenvalue weighted by molar-refractivity contribution is 0.0827. The fourth-order valence-electron chi connectivity index (χ4n) is 1.79. The molecule has 0 fully saturated rings. The number of nitrogens with zero attached hydrogens (tertiary/aromatic N) is 1. The van der Waals surface area contributed by atoms with Crippen molar-refractivity contribution in [3.8, 4) is 0 Å². The maximum Gasteiger partial charge on any atom is 0.253 e. The summed E-state index contributed by atoms with van der Waals surface area (Å²) in [6.45, 7) is 4.93. The molecule has 1 atom stereocenters. The summed E-state index contributed by atoms with van der Waals surface area (Å²) in [5.74, 6) is 0.463. The minimum absolute atomic E-state index is 0.0106. The second-order valence-electron chi connectivity index (χ2n) is 5.23. The van der Waals surface area contributed by atoms with Crippen molar-refractivity contribution in [3.05, 3.63) is 29.8 Å². The normalized spacial score (nSPS) is 12.3. The van der Waals surface area contributed by atoms with Gasteiger partial charge in [0.1, 0.15) is 0 Å². The third kappa shape index (κ3) is 4.56. The molecule has 0 saturated carbocycles. The first-order valence-electron chi connectivity index (χ1n) is 6.53. The number of ether oxygens (including phenoxy) is 1. The lowest BCUT2D eigenvalue weighted by Crippen LogP contribution is -2.30. The average molecular weight is 264 g/mol. The van der Waals surface area contributed by atoms with E-state index in [0.717, 1.165) is 5.69 Å². The van der Waals surface area contributed by atoms with Crippen LogP contribution in [0.3, 0.4) is 0 Å². The largest absolute Gasteiger partial charge is 0.383 e. The zero-order valence-electron chi connectivity index (χ0n) is 12.4. The number of carbonyl (C=O) groups is 1. The van der Waals surface area contributed by atoms with Gasteiger partial charge in [0.2, 0.25) is 0 Å². The molecule has 0 aliphatic heterocycles. The molecule has 0 aliphatic carbocycles. The molecule has 4 nitrogen and oxygen atoms in total. The molecule has 0 aliphatic rings. The Morgan fingerprint density at radius 3 is 2.58 bits per heavy atom. The molecule has 4 heteroatoms. The highest BCUT2D eigenvalue weighted by Crippen LogP contribution is 2.16. The molecule has 0 radical (unpaired) electrons. The number of hydrogen-bond donors (Lipinski definition) is 1. The van der Waals surface area contributed by atoms with E-state index < -0.39 is 0 Å². The van der Waals surface area contributed by atoms with Crippen molar-refractivity contribution in [2.75, 3.05) is 33.1 Å². The highest BCUT2D eigenvalue weighted by Gasteiger charge is 2.14. The van der Waals surface area contributed by atoms with Crippen molar-refractivity contribution in [1.29, 1.82) is 0 Å². The van der Waals surface area contributed by atoms with Gasteiger partial charge in [0.25, 0.3) is 5.91 Å². The quantitative estimate of drug-likeness (QED) is 0.858. The van der Waals surface area contributed by atoms with Crippen molar-refractivity contribution < 1.29 is 9.53 Å². The number of anilines is 1. The number of carbonyl (C=O) groups excluding carboxylic acids is 1. The van der Waals surface area contributed by atoms with Gasteiger partial charge in [-0.15, -0.1) is 0 Å². The van der Waals surface area contributed by atoms with E-state index in [-0.39, 0.29) is 11.9 Å². The van der Waals surface area contributed by atoms with Gasteiger partial charge in [-0.2, -0.15) is 0 Å². The SMILES string of the molecule is COCC(Nc1cccc(C(=O)N(C)C)c1)C(C)C. The third-order valence-corrected chi connectivity index (χ3v) is 3.02. The van der Waals surface area contributed by atoms with Crippen LogP contribution in [0, 0.1) is 5.92 Å². The van der Waals surface area contributed by atoms with Crippen molar-refractivity contribution >= 4 is 11.6 Å². The van der Waals surface area contributed by atoms with Crippen LogP contribution in [0.15, 0.2) is 24.3 Å². The number of benzene rings is 1. The molecular weight excluding hydrogens is 240 g/mol. The van der Waals surface area contributed by atoms with Crippen LogP contribution in [-0.4, -0.2) is 44.7 Å². The first-order valence-corrected chi connectivity index (χ1v) is 6.53. The third-order valence-electron chi connectivity index (χ3n) is 3.02. The van der Waals surface area contributed by atoms with E-state index in [9.17, 15) is 4.79 Å². The monoisotopic (exact) mass is 264 g/mol. The summed E-state index contributed by atoms with van der Waals surface area (Å²) in [5, 5.41) is 3.42. The molecular formula is C15H24N2O2. The Bertz CT molecular complexity index is 416. The van der Waals surface area contributed by atoms with Crippen LogP contribution >= 0.6 is 0 Å². The molecule has 1 amide bonds. The number of hydrogen-bond acceptors (Lipinski definition) is 3. The van der Waals surface area contributed by atoms with Gasteiger partial charge in [0.15, 0.2) is 0 Å². The Balaban J connectivity index is 2.84. The summed E-state index contributed by atoms with van der Waals surface area (Å²) in [4.78, 5) is 13.5. The molecule has 0 aromatic heterocycles. The Labute approximate surface area is 115 Å². The molecule has 0 spiro atoms. The molecule has 0 bridgehead atoms. The van der Waals surface area contributed by atoms with Crippen LogP contribution in [0.5, 0.6) is 0 Å². The lowest BCUT2D eigenvalue weighted by Gasteiger charge is -2.23. The molecule has 0 heterocycles. The second-order valence-corrected chi connectivity index (χ2v) is 5.23. The van der Waals surface area contributed by atoms with Crippen molar-refractivity contribution in [3.63, 3.8) is 0 Å². The molecule has 106 valence electrons. The average Bonchev–Trinajstić information content (AvgIpc) is 2.37. The fraction of sp³-hybridized carbons (Fsp3) is 0.533. The lowest BCUT2D eigenvalue weighted by atomic mass is 10.0. The fourth-order valence-corrected chi connectivity index (χ4v) is 1.79. The number of nitrogens with one attached hydrogen (secondary N) is 1. The maximum absolute atomic E-state index is 11.9. The number of methoxy groups -OCH3 is 1. The topological polar surface area (TPSA) is 41.6 Å². The number of rotatable bonds is 6. The van der Waals surface area contributed by atoms with Crippen LogP contribution in [-0.2, 0) is 4.74 Å². The smallest absolute Gasteiger partial charge is 0.253 e. The molecule has 0 saturated heterocycles. The Hall–Kier alpha value is -1.55. The Kier molecular flexibility index (Phi) is 5.83. The van der Waals surface area contributed by atoms with E-state index in [0.29, 0.717) is 18.1 Å². The van der Waals surface area contributed by atoms with Crippen molar-refractivity contribution in [1.82, 2.24) is 4.90 Å². The summed E-state index contributed by atoms with van der Waals surface area (Å²) in [6.07, 6.45) is 0. The standard InChI is InChI=1S/C15H24N2O2/c1-11(2)14(10-19-5)16-13-8-6-7-12(9-13)15(18)17(3)4/h6-9,11,14,16H,10H2,1-5H3. The van der Waals surface area contributed by atoms with E-state index in [1.54, 1.807) is 26.1 Å². The molecule has 1 rings (SSSR count). The molecule has 19 heavy (non-hydrogen) atoms. The van der Waals surface area contributed by atoms with Crippen LogP contribution in [0.25, 0.3) is 0 Å². The van der Waals surface area contributed by atoms with Gasteiger partial charge in [0.05, 0.1) is 12.6 Å². The van der Waals surface area contributed by atoms with E-state index in [1.807, 2.05) is 24.3 Å². The van der Waals surface area contributed by atoms with E-state index in [1.165, 1.54) is 0 Å². The zero-order chi connectivity index (χ0) is 14.4. The number of amides is 1. The van der Waals surface area contributed by atoms with E-state index in [2.05, 4.69) is 19.2 Å². The van der Waals surface area contributed by atoms with E-state index >= 15 is 0 Å². The summed E-state index contributed by atoms with van der Waals surface area (Å²) in [5.41, 5.74) is 1.64. The summed E-state index contributed by atoms with van der Waals surface area (Å²) in [6, 6.07) is 7.80. The molecule has 1 aromatic carbocycles. The van der Waals surface area contributed by atoms with E-state index in [4.69, 9.17) is 4.74 Å². The van der Waals surface area contributed by atoms with Gasteiger partial charge < -0.3 is 15.0 Å². The van der Waals surface area contributed by atoms with Gasteiger partial charge >= 0.3 is 0 Å². The molecule has 1 aromatic rings. The minimum atomic E-state index is 0.0106. The van der Waals surface area contributed by atoms with Crippen LogP contribution in [0.2, 0.25) is 0 Å². The summed E-state index contributed by atoms with van der Waals surface area (Å²) in [7, 11) is 5.21. The van der Waals surface area contributed by atoms with Gasteiger partial charge in [-0.25, -0.2) is 0 Å². The predicted molar refractivity (Wildman–Crippen MR) is 78.6 cm³/mol. The van der Waals surface area contributed by atoms with Gasteiger partial charge in [0, 0.05) is 32.5 Å². The van der Waals surface area contributed by atoms with Crippen LogP contribution in [0.1, 0.15) is 24.2 Å². The first-order chi connectivity index (χ1) is 8.95. The Morgan fingerprint density at radius 2 is 2.05 bits per heavy atom. The van der Waals surface area contributed by atoms with Crippen molar-refractivity contribution in [2.45, 2.75) is 19.9 Å². The zero-order valence-corrected chi connectivity index (χ0v) is 12.4. The summed E-state index contributed by atoms with van der Waals surface area (Å²) < 4.78 is 5.22. The van der Waals surface area contributed by atoms with Gasteiger partial charge in [-0.1, -0.05) is 19.9 Å². The predicted octanol–water partition coefficient (Wildman–Crippen LogP) is 2.47. The maximum atomic E-state index is 11.9. The highest BCUT2D eigenvalue weighted by atomic mass is 16.5. The second kappa shape index (κ2) is 7.14. The molecule has 1 unspecified atom stereocenters. The van der Waals surface area contributed by atoms with Gasteiger partial charge in [-0.05, 0) is 24.1 Å². The highest BCUT2D eigenvalue weighted by molar-refractivity contribution is 5.94. The Morgan fingerprint density at radius 1 is 1.37 bits per heavy atom. The van der Waals surface area contributed by atoms with Crippen LogP contribution in [0.4, 0.5) is 5.69 Å². The van der Waals surface area contributed by atoms with Crippen molar-refractivity contribution in [2.24, 2.45) is 5.92 Å². The summed E-state index contributed by atoms with van der Waals surface area (Å²) >= 11 is 0. The minimum Gasteiger partial charge on any atom is -0.383 e. The van der Waals surface area contributed by atoms with Gasteiger partial charge in [-0.3, -0.25) is 4.79 Å². The van der Waals surface area contributed by atoms with Crippen LogP contribution < -0.4 is 5.32 Å². The first kappa shape index (κ1) is 15.5. The molecule has 1 N–H and O–H groups in total.